The number of hydrogen-bond acceptors (Lipinski definition) is 3. The van der Waals surface area contributed by atoms with Crippen molar-refractivity contribution in [3.63, 3.8) is 0 Å². The van der Waals surface area contributed by atoms with E-state index in [1.165, 1.54) is 0 Å². The summed E-state index contributed by atoms with van der Waals surface area (Å²) >= 11 is 0. The van der Waals surface area contributed by atoms with Crippen LogP contribution in [0.15, 0.2) is 0 Å². The molecule has 2 atom stereocenters. The number of halogens is 3. The van der Waals surface area contributed by atoms with Crippen molar-refractivity contribution < 1.29 is 13.2 Å². The summed E-state index contributed by atoms with van der Waals surface area (Å²) in [4.78, 5) is 0. The van der Waals surface area contributed by atoms with Gasteiger partial charge in [0.05, 0.1) is 6.54 Å². The Labute approximate surface area is 123 Å². The molecule has 1 aromatic rings. The van der Waals surface area contributed by atoms with Gasteiger partial charge in [-0.3, -0.25) is 0 Å². The Morgan fingerprint density at radius 3 is 2.48 bits per heavy atom. The number of hydrogen-bond donors (Lipinski definition) is 1. The van der Waals surface area contributed by atoms with Gasteiger partial charge in [-0.2, -0.15) is 13.2 Å². The Hall–Kier alpha value is -1.11. The molecular weight excluding hydrogens is 281 g/mol. The van der Waals surface area contributed by atoms with Gasteiger partial charge in [0.1, 0.15) is 11.6 Å². The molecule has 1 N–H and O–H groups in total. The molecule has 1 aliphatic rings. The van der Waals surface area contributed by atoms with Gasteiger partial charge in [-0.25, -0.2) is 0 Å². The fourth-order valence-electron chi connectivity index (χ4n) is 3.10. The van der Waals surface area contributed by atoms with Crippen LogP contribution in [0.3, 0.4) is 0 Å². The number of rotatable bonds is 5. The zero-order valence-corrected chi connectivity index (χ0v) is 12.6. The van der Waals surface area contributed by atoms with Gasteiger partial charge in [0.15, 0.2) is 0 Å². The van der Waals surface area contributed by atoms with Crippen LogP contribution in [0.4, 0.5) is 13.2 Å². The highest BCUT2D eigenvalue weighted by Gasteiger charge is 2.36. The molecule has 0 aliphatic heterocycles. The normalized spacial score (nSPS) is 23.5. The lowest BCUT2D eigenvalue weighted by molar-refractivity contribution is -0.148. The zero-order chi connectivity index (χ0) is 15.5. The van der Waals surface area contributed by atoms with Crippen molar-refractivity contribution in [2.75, 3.05) is 0 Å². The Bertz CT molecular complexity index is 456. The number of nitrogens with zero attached hydrogens (tertiary/aromatic N) is 3. The number of aromatic nitrogens is 3. The van der Waals surface area contributed by atoms with Crippen LogP contribution in [0.25, 0.3) is 0 Å². The molecular formula is C14H23F3N4. The number of alkyl halides is 3. The van der Waals surface area contributed by atoms with Crippen LogP contribution in [-0.4, -0.2) is 27.0 Å². The van der Waals surface area contributed by atoms with Gasteiger partial charge in [0.2, 0.25) is 0 Å². The predicted octanol–water partition coefficient (Wildman–Crippen LogP) is 2.98. The minimum Gasteiger partial charge on any atom is -0.317 e. The topological polar surface area (TPSA) is 42.7 Å². The predicted molar refractivity (Wildman–Crippen MR) is 73.6 cm³/mol. The maximum Gasteiger partial charge on any atom is 0.389 e. The lowest BCUT2D eigenvalue weighted by atomic mass is 9.82. The van der Waals surface area contributed by atoms with Crippen molar-refractivity contribution in [1.29, 1.82) is 0 Å². The van der Waals surface area contributed by atoms with Gasteiger partial charge in [-0.05, 0) is 18.8 Å². The van der Waals surface area contributed by atoms with Crippen molar-refractivity contribution in [3.8, 4) is 0 Å². The molecule has 120 valence electrons. The summed E-state index contributed by atoms with van der Waals surface area (Å²) in [6.45, 7) is 2.48. The lowest BCUT2D eigenvalue weighted by Crippen LogP contribution is -2.40. The summed E-state index contributed by atoms with van der Waals surface area (Å²) in [6.07, 6.45) is -0.640. The maximum atomic E-state index is 12.6. The minimum absolute atomic E-state index is 0.0813. The van der Waals surface area contributed by atoms with E-state index in [9.17, 15) is 13.2 Å². The van der Waals surface area contributed by atoms with E-state index in [-0.39, 0.29) is 12.0 Å². The molecule has 0 radical (unpaired) electrons. The van der Waals surface area contributed by atoms with Crippen LogP contribution >= 0.6 is 0 Å². The molecule has 0 bridgehead atoms. The third-order valence-electron chi connectivity index (χ3n) is 4.30. The molecule has 7 heteroatoms. The van der Waals surface area contributed by atoms with E-state index < -0.39 is 12.6 Å². The SMILES string of the molecule is CCc1nnc(CN[C@H]2CCCC[C@H]2CC(F)(F)F)n1C. The molecule has 0 saturated heterocycles. The van der Waals surface area contributed by atoms with Gasteiger partial charge < -0.3 is 9.88 Å². The standard InChI is InChI=1S/C14H23F3N4/c1-3-12-19-20-13(21(12)2)9-18-11-7-5-4-6-10(11)8-14(15,16)17/h10-11,18H,3-9H2,1-2H3/t10-,11-/m0/s1. The monoisotopic (exact) mass is 304 g/mol. The summed E-state index contributed by atoms with van der Waals surface area (Å²) in [7, 11) is 1.89. The van der Waals surface area contributed by atoms with E-state index in [0.29, 0.717) is 13.0 Å². The van der Waals surface area contributed by atoms with Crippen LogP contribution in [-0.2, 0) is 20.0 Å². The molecule has 21 heavy (non-hydrogen) atoms. The molecule has 1 heterocycles. The first-order chi connectivity index (χ1) is 9.90. The van der Waals surface area contributed by atoms with Gasteiger partial charge in [-0.15, -0.1) is 10.2 Å². The highest BCUT2D eigenvalue weighted by atomic mass is 19.4. The molecule has 0 amide bonds. The first kappa shape index (κ1) is 16.3. The van der Waals surface area contributed by atoms with E-state index in [4.69, 9.17) is 0 Å². The van der Waals surface area contributed by atoms with E-state index in [1.807, 2.05) is 18.5 Å². The second-order valence-electron chi connectivity index (χ2n) is 5.80. The highest BCUT2D eigenvalue weighted by Crippen LogP contribution is 2.34. The molecule has 4 nitrogen and oxygen atoms in total. The first-order valence-electron chi connectivity index (χ1n) is 7.58. The van der Waals surface area contributed by atoms with Crippen LogP contribution < -0.4 is 5.32 Å². The molecule has 0 unspecified atom stereocenters. The Balaban J connectivity index is 1.94. The van der Waals surface area contributed by atoms with E-state index in [1.54, 1.807) is 0 Å². The Kier molecular flexibility index (Phi) is 5.24. The van der Waals surface area contributed by atoms with Crippen LogP contribution in [0.5, 0.6) is 0 Å². The van der Waals surface area contributed by atoms with Gasteiger partial charge in [0, 0.05) is 25.9 Å². The van der Waals surface area contributed by atoms with E-state index in [0.717, 1.165) is 37.3 Å². The van der Waals surface area contributed by atoms with E-state index >= 15 is 0 Å². The van der Waals surface area contributed by atoms with Crippen molar-refractivity contribution >= 4 is 0 Å². The average Bonchev–Trinajstić information content (AvgIpc) is 2.77. The fourth-order valence-corrected chi connectivity index (χ4v) is 3.10. The first-order valence-corrected chi connectivity index (χ1v) is 7.58. The van der Waals surface area contributed by atoms with Crippen LogP contribution in [0, 0.1) is 5.92 Å². The molecule has 2 rings (SSSR count). The summed E-state index contributed by atoms with van der Waals surface area (Å²) in [6, 6.07) is -0.0813. The van der Waals surface area contributed by atoms with Crippen LogP contribution in [0.2, 0.25) is 0 Å². The number of nitrogens with one attached hydrogen (secondary N) is 1. The molecule has 1 saturated carbocycles. The summed E-state index contributed by atoms with van der Waals surface area (Å²) < 4.78 is 39.8. The van der Waals surface area contributed by atoms with Gasteiger partial charge >= 0.3 is 6.18 Å². The third-order valence-corrected chi connectivity index (χ3v) is 4.30. The summed E-state index contributed by atoms with van der Waals surface area (Å²) in [5.74, 6) is 1.35. The Morgan fingerprint density at radius 2 is 1.86 bits per heavy atom. The molecule has 1 fully saturated rings. The maximum absolute atomic E-state index is 12.6. The Morgan fingerprint density at radius 1 is 1.19 bits per heavy atom. The molecule has 1 aliphatic carbocycles. The highest BCUT2D eigenvalue weighted by molar-refractivity contribution is 4.95. The van der Waals surface area contributed by atoms with Crippen LogP contribution in [0.1, 0.15) is 50.7 Å². The smallest absolute Gasteiger partial charge is 0.317 e. The minimum atomic E-state index is -4.08. The quantitative estimate of drug-likeness (QED) is 0.909. The fraction of sp³-hybridized carbons (Fsp3) is 0.857. The summed E-state index contributed by atoms with van der Waals surface area (Å²) in [5.41, 5.74) is 0. The van der Waals surface area contributed by atoms with Gasteiger partial charge in [-0.1, -0.05) is 19.8 Å². The molecule has 0 spiro atoms. The largest absolute Gasteiger partial charge is 0.389 e. The second-order valence-corrected chi connectivity index (χ2v) is 5.80. The lowest BCUT2D eigenvalue weighted by Gasteiger charge is -2.32. The molecule has 0 aromatic carbocycles. The second kappa shape index (κ2) is 6.77. The van der Waals surface area contributed by atoms with Gasteiger partial charge in [0.25, 0.3) is 0 Å². The van der Waals surface area contributed by atoms with Crippen molar-refractivity contribution in [2.45, 2.75) is 64.2 Å². The zero-order valence-electron chi connectivity index (χ0n) is 12.6. The van der Waals surface area contributed by atoms with E-state index in [2.05, 4.69) is 15.5 Å². The average molecular weight is 304 g/mol. The summed E-state index contributed by atoms with van der Waals surface area (Å²) in [5, 5.41) is 11.4. The van der Waals surface area contributed by atoms with Crippen molar-refractivity contribution in [1.82, 2.24) is 20.1 Å². The van der Waals surface area contributed by atoms with Crippen molar-refractivity contribution in [3.05, 3.63) is 11.6 Å². The number of aryl methyl sites for hydroxylation is 1. The third kappa shape index (κ3) is 4.43. The van der Waals surface area contributed by atoms with Crippen molar-refractivity contribution in [2.24, 2.45) is 13.0 Å². The molecule has 1 aromatic heterocycles.